The summed E-state index contributed by atoms with van der Waals surface area (Å²) in [6, 6.07) is 9.34. The van der Waals surface area contributed by atoms with Gasteiger partial charge in [-0.2, -0.15) is 0 Å². The third kappa shape index (κ3) is 3.73. The number of halogens is 1. The molecule has 0 spiro atoms. The highest BCUT2D eigenvalue weighted by Crippen LogP contribution is 2.41. The van der Waals surface area contributed by atoms with Crippen LogP contribution in [0.5, 0.6) is 0 Å². The maximum Gasteiger partial charge on any atom is 0.224 e. The minimum Gasteiger partial charge on any atom is -0.354 e. The normalized spacial score (nSPS) is 20.8. The fraction of sp³-hybridized carbons (Fsp3) is 0.455. The molecule has 1 N–H and O–H groups in total. The Morgan fingerprint density at radius 1 is 1.18 bits per heavy atom. The third-order valence-electron chi connectivity index (χ3n) is 5.72. The quantitative estimate of drug-likeness (QED) is 0.625. The van der Waals surface area contributed by atoms with Gasteiger partial charge in [0, 0.05) is 50.9 Å². The molecule has 2 aromatic rings. The molecule has 3 aliphatic rings. The molecule has 1 unspecified atom stereocenters. The van der Waals surface area contributed by atoms with Gasteiger partial charge >= 0.3 is 0 Å². The Kier molecular flexibility index (Phi) is 5.82. The van der Waals surface area contributed by atoms with Gasteiger partial charge in [-0.05, 0) is 42.5 Å². The van der Waals surface area contributed by atoms with E-state index in [0.717, 1.165) is 50.8 Å². The molecule has 1 aromatic carbocycles. The minimum atomic E-state index is 0.376. The number of aromatic nitrogens is 2. The van der Waals surface area contributed by atoms with Crippen molar-refractivity contribution in [2.75, 3.05) is 31.1 Å². The lowest BCUT2D eigenvalue weighted by atomic mass is 10.1. The topological polar surface area (TPSA) is 44.3 Å². The standard InChI is InChI=1S/C19H22ClN5.C3H4/c20-19-22-16-12-25(17-6-5-13-3-1-2-4-14(13)17)11-15(16)18(23-19)24-9-7-21-8-10-24;1-3-2/h1-4,17,21H,5-12H2;1H,2H3. The summed E-state index contributed by atoms with van der Waals surface area (Å²) < 4.78 is 0. The number of benzene rings is 1. The molecule has 28 heavy (non-hydrogen) atoms. The molecule has 0 radical (unpaired) electrons. The van der Waals surface area contributed by atoms with Crippen LogP contribution in [0.2, 0.25) is 5.28 Å². The van der Waals surface area contributed by atoms with Crippen molar-refractivity contribution in [1.82, 2.24) is 20.2 Å². The maximum atomic E-state index is 6.25. The highest BCUT2D eigenvalue weighted by atomic mass is 35.5. The number of aryl methyl sites for hydroxylation is 1. The predicted octanol–water partition coefficient (Wildman–Crippen LogP) is 3.18. The summed E-state index contributed by atoms with van der Waals surface area (Å²) in [6.45, 7) is 7.39. The van der Waals surface area contributed by atoms with E-state index in [4.69, 9.17) is 11.6 Å². The molecular formula is C22H26ClN5. The maximum absolute atomic E-state index is 6.25. The van der Waals surface area contributed by atoms with Gasteiger partial charge < -0.3 is 10.2 Å². The number of terminal acetylenes is 1. The van der Waals surface area contributed by atoms with Gasteiger partial charge in [0.05, 0.1) is 5.69 Å². The van der Waals surface area contributed by atoms with E-state index in [1.807, 2.05) is 0 Å². The van der Waals surface area contributed by atoms with Crippen LogP contribution >= 0.6 is 11.6 Å². The number of nitrogens with zero attached hydrogens (tertiary/aromatic N) is 4. The monoisotopic (exact) mass is 395 g/mol. The lowest BCUT2D eigenvalue weighted by Crippen LogP contribution is -2.44. The molecular weight excluding hydrogens is 370 g/mol. The molecule has 3 heterocycles. The van der Waals surface area contributed by atoms with Gasteiger partial charge in [0.1, 0.15) is 5.82 Å². The first-order valence-electron chi connectivity index (χ1n) is 9.91. The molecule has 146 valence electrons. The number of nitrogens with one attached hydrogen (secondary N) is 1. The largest absolute Gasteiger partial charge is 0.354 e. The van der Waals surface area contributed by atoms with Crippen molar-refractivity contribution in [3.63, 3.8) is 0 Å². The van der Waals surface area contributed by atoms with Gasteiger partial charge in [-0.15, -0.1) is 12.3 Å². The number of hydrogen-bond donors (Lipinski definition) is 1. The fourth-order valence-electron chi connectivity index (χ4n) is 4.50. The molecule has 0 amide bonds. The average molecular weight is 396 g/mol. The second-order valence-electron chi connectivity index (χ2n) is 7.43. The van der Waals surface area contributed by atoms with Gasteiger partial charge in [-0.1, -0.05) is 24.3 Å². The summed E-state index contributed by atoms with van der Waals surface area (Å²) in [5.41, 5.74) is 5.36. The van der Waals surface area contributed by atoms with Crippen LogP contribution < -0.4 is 10.2 Å². The first-order chi connectivity index (χ1) is 13.7. The van der Waals surface area contributed by atoms with Crippen molar-refractivity contribution in [2.24, 2.45) is 0 Å². The van der Waals surface area contributed by atoms with E-state index < -0.39 is 0 Å². The van der Waals surface area contributed by atoms with Crippen LogP contribution in [0.25, 0.3) is 0 Å². The number of piperazine rings is 1. The average Bonchev–Trinajstić information content (AvgIpc) is 3.32. The van der Waals surface area contributed by atoms with Crippen molar-refractivity contribution >= 4 is 17.4 Å². The van der Waals surface area contributed by atoms with Crippen LogP contribution in [0.4, 0.5) is 5.82 Å². The Morgan fingerprint density at radius 3 is 2.71 bits per heavy atom. The number of fused-ring (bicyclic) bond motifs is 2. The summed E-state index contributed by atoms with van der Waals surface area (Å²) in [6.07, 6.45) is 6.96. The van der Waals surface area contributed by atoms with Gasteiger partial charge in [-0.3, -0.25) is 4.90 Å². The van der Waals surface area contributed by atoms with Crippen LogP contribution in [-0.4, -0.2) is 41.0 Å². The molecule has 6 heteroatoms. The second kappa shape index (κ2) is 8.48. The Morgan fingerprint density at radius 2 is 1.93 bits per heavy atom. The first kappa shape index (κ1) is 19.2. The molecule has 1 aromatic heterocycles. The molecule has 1 fully saturated rings. The Balaban J connectivity index is 0.000000604. The van der Waals surface area contributed by atoms with Crippen molar-refractivity contribution in [3.8, 4) is 12.3 Å². The molecule has 1 atom stereocenters. The van der Waals surface area contributed by atoms with Crippen LogP contribution in [-0.2, 0) is 19.5 Å². The van der Waals surface area contributed by atoms with Gasteiger partial charge in [0.2, 0.25) is 5.28 Å². The highest BCUT2D eigenvalue weighted by Gasteiger charge is 2.35. The summed E-state index contributed by atoms with van der Waals surface area (Å²) in [5, 5.41) is 3.78. The van der Waals surface area contributed by atoms with Crippen LogP contribution in [0.1, 0.15) is 41.8 Å². The Bertz CT molecular complexity index is 885. The van der Waals surface area contributed by atoms with Crippen molar-refractivity contribution in [1.29, 1.82) is 0 Å². The summed E-state index contributed by atoms with van der Waals surface area (Å²) in [5.74, 6) is 3.30. The van der Waals surface area contributed by atoms with E-state index in [1.165, 1.54) is 29.5 Å². The third-order valence-corrected chi connectivity index (χ3v) is 5.89. The Labute approximate surface area is 172 Å². The molecule has 5 rings (SSSR count). The van der Waals surface area contributed by atoms with Crippen molar-refractivity contribution in [3.05, 3.63) is 51.9 Å². The predicted molar refractivity (Wildman–Crippen MR) is 113 cm³/mol. The molecule has 0 saturated carbocycles. The second-order valence-corrected chi connectivity index (χ2v) is 7.76. The summed E-state index contributed by atoms with van der Waals surface area (Å²) >= 11 is 6.25. The van der Waals surface area contributed by atoms with E-state index in [0.29, 0.717) is 11.3 Å². The number of anilines is 1. The molecule has 1 saturated heterocycles. The minimum absolute atomic E-state index is 0.376. The van der Waals surface area contributed by atoms with Crippen LogP contribution in [0.15, 0.2) is 24.3 Å². The van der Waals surface area contributed by atoms with E-state index in [1.54, 1.807) is 6.92 Å². The van der Waals surface area contributed by atoms with Crippen molar-refractivity contribution < 1.29 is 0 Å². The van der Waals surface area contributed by atoms with Gasteiger partial charge in [0.15, 0.2) is 0 Å². The van der Waals surface area contributed by atoms with E-state index in [9.17, 15) is 0 Å². The summed E-state index contributed by atoms with van der Waals surface area (Å²) in [7, 11) is 0. The van der Waals surface area contributed by atoms with Crippen molar-refractivity contribution in [2.45, 2.75) is 38.9 Å². The SMILES string of the molecule is C#CC.Clc1nc2c(c(N3CCNCC3)n1)CN(C1CCc3ccccc31)C2. The van der Waals surface area contributed by atoms with Gasteiger partial charge in [-0.25, -0.2) is 9.97 Å². The zero-order valence-electron chi connectivity index (χ0n) is 16.3. The van der Waals surface area contributed by atoms with E-state index in [-0.39, 0.29) is 0 Å². The zero-order chi connectivity index (χ0) is 19.5. The fourth-order valence-corrected chi connectivity index (χ4v) is 4.69. The number of rotatable bonds is 2. The molecule has 0 bridgehead atoms. The smallest absolute Gasteiger partial charge is 0.224 e. The van der Waals surface area contributed by atoms with E-state index in [2.05, 4.69) is 61.7 Å². The molecule has 2 aliphatic heterocycles. The highest BCUT2D eigenvalue weighted by molar-refractivity contribution is 6.28. The van der Waals surface area contributed by atoms with Crippen LogP contribution in [0.3, 0.4) is 0 Å². The summed E-state index contributed by atoms with van der Waals surface area (Å²) in [4.78, 5) is 14.1. The van der Waals surface area contributed by atoms with Crippen LogP contribution in [0, 0.1) is 12.3 Å². The Hall–Kier alpha value is -2.13. The molecule has 1 aliphatic carbocycles. The lowest BCUT2D eigenvalue weighted by molar-refractivity contribution is 0.199. The first-order valence-corrected chi connectivity index (χ1v) is 10.3. The lowest BCUT2D eigenvalue weighted by Gasteiger charge is -2.30. The van der Waals surface area contributed by atoms with Gasteiger partial charge in [0.25, 0.3) is 0 Å². The van der Waals surface area contributed by atoms with E-state index >= 15 is 0 Å². The number of hydrogen-bond acceptors (Lipinski definition) is 5. The molecule has 5 nitrogen and oxygen atoms in total. The zero-order valence-corrected chi connectivity index (χ0v) is 17.0.